The van der Waals surface area contributed by atoms with E-state index in [1.165, 1.54) is 18.0 Å². The van der Waals surface area contributed by atoms with Crippen molar-refractivity contribution < 1.29 is 0 Å². The van der Waals surface area contributed by atoms with E-state index in [1.54, 1.807) is 0 Å². The molecule has 1 aromatic carbocycles. The van der Waals surface area contributed by atoms with Crippen LogP contribution in [0.3, 0.4) is 0 Å². The molecule has 0 radical (unpaired) electrons. The van der Waals surface area contributed by atoms with Crippen LogP contribution in [0.4, 0.5) is 5.69 Å². The van der Waals surface area contributed by atoms with Gasteiger partial charge in [-0.2, -0.15) is 5.10 Å². The van der Waals surface area contributed by atoms with Gasteiger partial charge in [-0.3, -0.25) is 4.79 Å². The van der Waals surface area contributed by atoms with Crippen molar-refractivity contribution in [3.63, 3.8) is 0 Å². The normalized spacial score (nSPS) is 10.2. The van der Waals surface area contributed by atoms with E-state index in [0.717, 1.165) is 11.3 Å². The van der Waals surface area contributed by atoms with Gasteiger partial charge >= 0.3 is 0 Å². The van der Waals surface area contributed by atoms with Crippen LogP contribution in [0.15, 0.2) is 46.2 Å². The van der Waals surface area contributed by atoms with Crippen LogP contribution >= 0.6 is 11.8 Å². The summed E-state index contributed by atoms with van der Waals surface area (Å²) in [4.78, 5) is 12.0. The molecule has 0 saturated carbocycles. The summed E-state index contributed by atoms with van der Waals surface area (Å²) < 4.78 is 0. The van der Waals surface area contributed by atoms with E-state index >= 15 is 0 Å². The maximum Gasteiger partial charge on any atom is 0.279 e. The highest BCUT2D eigenvalue weighted by Crippen LogP contribution is 2.23. The number of aromatic amines is 1. The van der Waals surface area contributed by atoms with Gasteiger partial charge in [-0.1, -0.05) is 30.3 Å². The van der Waals surface area contributed by atoms with Crippen LogP contribution in [0.25, 0.3) is 0 Å². The number of nitrogens with two attached hydrogens (primary N) is 1. The van der Waals surface area contributed by atoms with E-state index in [-0.39, 0.29) is 5.56 Å². The van der Waals surface area contributed by atoms with Crippen LogP contribution in [0, 0.1) is 0 Å². The molecule has 0 saturated heterocycles. The second-order valence-electron chi connectivity index (χ2n) is 3.26. The molecule has 0 fully saturated rings. The van der Waals surface area contributed by atoms with Crippen molar-refractivity contribution in [1.29, 1.82) is 0 Å². The molecule has 2 rings (SSSR count). The molecule has 0 spiro atoms. The zero-order chi connectivity index (χ0) is 11.4. The van der Waals surface area contributed by atoms with Gasteiger partial charge in [-0.05, 0) is 5.56 Å². The molecule has 0 amide bonds. The molecule has 3 N–H and O–H groups in total. The standard InChI is InChI=1S/C11H11N3OS/c12-9-6-13-14-11(15)10(9)16-7-8-4-2-1-3-5-8/h1-6H,7H2,(H3,12,14,15). The van der Waals surface area contributed by atoms with Gasteiger partial charge < -0.3 is 5.73 Å². The monoisotopic (exact) mass is 233 g/mol. The lowest BCUT2D eigenvalue weighted by Crippen LogP contribution is -2.12. The Morgan fingerprint density at radius 1 is 1.31 bits per heavy atom. The number of aromatic nitrogens is 2. The minimum absolute atomic E-state index is 0.235. The average molecular weight is 233 g/mol. The molecule has 16 heavy (non-hydrogen) atoms. The first kappa shape index (κ1) is 10.8. The highest BCUT2D eigenvalue weighted by Gasteiger charge is 2.05. The van der Waals surface area contributed by atoms with Gasteiger partial charge in [0, 0.05) is 5.75 Å². The lowest BCUT2D eigenvalue weighted by molar-refractivity contribution is 0.952. The van der Waals surface area contributed by atoms with E-state index in [0.29, 0.717) is 10.6 Å². The number of hydrogen-bond donors (Lipinski definition) is 2. The Hall–Kier alpha value is -1.75. The molecule has 0 atom stereocenters. The van der Waals surface area contributed by atoms with Gasteiger partial charge in [0.25, 0.3) is 5.56 Å². The number of thioether (sulfide) groups is 1. The lowest BCUT2D eigenvalue weighted by atomic mass is 10.2. The summed E-state index contributed by atoms with van der Waals surface area (Å²) in [6, 6.07) is 9.92. The molecule has 0 aliphatic heterocycles. The first-order valence-corrected chi connectivity index (χ1v) is 5.76. The maximum atomic E-state index is 11.4. The fourth-order valence-corrected chi connectivity index (χ4v) is 2.18. The van der Waals surface area contributed by atoms with Crippen molar-refractivity contribution in [2.24, 2.45) is 0 Å². The number of anilines is 1. The first-order valence-electron chi connectivity index (χ1n) is 4.77. The fraction of sp³-hybridized carbons (Fsp3) is 0.0909. The number of rotatable bonds is 3. The third kappa shape index (κ3) is 2.43. The van der Waals surface area contributed by atoms with Gasteiger partial charge in [0.15, 0.2) is 0 Å². The van der Waals surface area contributed by atoms with Crippen molar-refractivity contribution >= 4 is 17.4 Å². The van der Waals surface area contributed by atoms with E-state index in [9.17, 15) is 4.79 Å². The van der Waals surface area contributed by atoms with Crippen LogP contribution in [-0.4, -0.2) is 10.2 Å². The van der Waals surface area contributed by atoms with E-state index in [2.05, 4.69) is 10.2 Å². The summed E-state index contributed by atoms with van der Waals surface area (Å²) >= 11 is 1.42. The summed E-state index contributed by atoms with van der Waals surface area (Å²) in [5.74, 6) is 0.720. The third-order valence-corrected chi connectivity index (χ3v) is 3.25. The van der Waals surface area contributed by atoms with Crippen LogP contribution in [0.2, 0.25) is 0 Å². The summed E-state index contributed by atoms with van der Waals surface area (Å²) in [6.45, 7) is 0. The molecule has 1 heterocycles. The van der Waals surface area contributed by atoms with Crippen molar-refractivity contribution in [2.45, 2.75) is 10.6 Å². The Balaban J connectivity index is 2.14. The Morgan fingerprint density at radius 2 is 2.06 bits per heavy atom. The number of nitrogens with zero attached hydrogens (tertiary/aromatic N) is 1. The molecule has 1 aromatic heterocycles. The SMILES string of the molecule is Nc1cn[nH]c(=O)c1SCc1ccccc1. The van der Waals surface area contributed by atoms with Crippen LogP contribution in [0.5, 0.6) is 0 Å². The molecule has 2 aromatic rings. The quantitative estimate of drug-likeness (QED) is 0.791. The molecule has 0 aliphatic rings. The highest BCUT2D eigenvalue weighted by molar-refractivity contribution is 7.98. The Morgan fingerprint density at radius 3 is 2.75 bits per heavy atom. The average Bonchev–Trinajstić information content (AvgIpc) is 2.30. The Bertz CT molecular complexity index is 524. The predicted molar refractivity (Wildman–Crippen MR) is 65.3 cm³/mol. The second-order valence-corrected chi connectivity index (χ2v) is 4.24. The van der Waals surface area contributed by atoms with Crippen molar-refractivity contribution in [1.82, 2.24) is 10.2 Å². The molecule has 0 bridgehead atoms. The number of hydrogen-bond acceptors (Lipinski definition) is 4. The van der Waals surface area contributed by atoms with Gasteiger partial charge in [0.1, 0.15) is 0 Å². The van der Waals surface area contributed by atoms with E-state index in [4.69, 9.17) is 5.73 Å². The zero-order valence-corrected chi connectivity index (χ0v) is 9.33. The molecule has 4 nitrogen and oxygen atoms in total. The van der Waals surface area contributed by atoms with Crippen molar-refractivity contribution in [3.8, 4) is 0 Å². The van der Waals surface area contributed by atoms with Gasteiger partial charge in [0.05, 0.1) is 16.8 Å². The third-order valence-electron chi connectivity index (χ3n) is 2.06. The van der Waals surface area contributed by atoms with E-state index in [1.807, 2.05) is 30.3 Å². The van der Waals surface area contributed by atoms with Crippen LogP contribution in [-0.2, 0) is 5.75 Å². The summed E-state index contributed by atoms with van der Waals surface area (Å²) in [7, 11) is 0. The fourth-order valence-electron chi connectivity index (χ4n) is 1.28. The molecular weight excluding hydrogens is 222 g/mol. The smallest absolute Gasteiger partial charge is 0.279 e. The topological polar surface area (TPSA) is 71.8 Å². The zero-order valence-electron chi connectivity index (χ0n) is 8.51. The van der Waals surface area contributed by atoms with Crippen LogP contribution < -0.4 is 11.3 Å². The molecular formula is C11H11N3OS. The first-order chi connectivity index (χ1) is 7.77. The number of nitrogen functional groups attached to an aromatic ring is 1. The number of nitrogens with one attached hydrogen (secondary N) is 1. The van der Waals surface area contributed by atoms with Crippen LogP contribution in [0.1, 0.15) is 5.56 Å². The molecule has 0 unspecified atom stereocenters. The Labute approximate surface area is 96.9 Å². The summed E-state index contributed by atoms with van der Waals surface area (Å²) in [5, 5.41) is 5.99. The molecule has 0 aliphatic carbocycles. The van der Waals surface area contributed by atoms with Crippen molar-refractivity contribution in [2.75, 3.05) is 5.73 Å². The molecule has 82 valence electrons. The van der Waals surface area contributed by atoms with Gasteiger partial charge in [-0.15, -0.1) is 11.8 Å². The van der Waals surface area contributed by atoms with Crippen molar-refractivity contribution in [3.05, 3.63) is 52.4 Å². The lowest BCUT2D eigenvalue weighted by Gasteiger charge is -2.03. The predicted octanol–water partition coefficient (Wildman–Crippen LogP) is 1.64. The number of H-pyrrole nitrogens is 1. The maximum absolute atomic E-state index is 11.4. The highest BCUT2D eigenvalue weighted by atomic mass is 32.2. The summed E-state index contributed by atoms with van der Waals surface area (Å²) in [6.07, 6.45) is 1.45. The minimum Gasteiger partial charge on any atom is -0.396 e. The van der Waals surface area contributed by atoms with E-state index < -0.39 is 0 Å². The minimum atomic E-state index is -0.235. The van der Waals surface area contributed by atoms with Gasteiger partial charge in [-0.25, -0.2) is 5.10 Å². The summed E-state index contributed by atoms with van der Waals surface area (Å²) in [5.41, 5.74) is 7.02. The van der Waals surface area contributed by atoms with Gasteiger partial charge in [0.2, 0.25) is 0 Å². The number of benzene rings is 1. The second kappa shape index (κ2) is 4.85. The molecule has 5 heteroatoms. The largest absolute Gasteiger partial charge is 0.396 e. The Kier molecular flexibility index (Phi) is 3.26.